The van der Waals surface area contributed by atoms with Gasteiger partial charge >= 0.3 is 17.9 Å². The maximum Gasteiger partial charge on any atom is 0.335 e. The lowest BCUT2D eigenvalue weighted by Crippen LogP contribution is -2.56. The van der Waals surface area contributed by atoms with E-state index < -0.39 is 102 Å². The normalized spacial score (nSPS) is 26.3. The number of ether oxygens (including phenoxy) is 3. The number of aliphatic hydroxyl groups is 3. The van der Waals surface area contributed by atoms with Gasteiger partial charge in [0, 0.05) is 12.3 Å². The van der Waals surface area contributed by atoms with Gasteiger partial charge in [0.15, 0.2) is 35.2 Å². The maximum atomic E-state index is 13.6. The minimum atomic E-state index is -1.74. The zero-order valence-corrected chi connectivity index (χ0v) is 21.4. The molecule has 0 radical (unpaired) electrons. The number of esters is 2. The van der Waals surface area contributed by atoms with Gasteiger partial charge in [-0.15, -0.1) is 0 Å². The molecule has 7 unspecified atom stereocenters. The number of aliphatic hydroxyl groups excluding tert-OH is 3. The molecule has 2 aliphatic rings. The summed E-state index contributed by atoms with van der Waals surface area (Å²) < 4.78 is 15.3. The van der Waals surface area contributed by atoms with Crippen LogP contribution in [0.1, 0.15) is 29.0 Å². The summed E-state index contributed by atoms with van der Waals surface area (Å²) in [4.78, 5) is 37.9. The van der Waals surface area contributed by atoms with Crippen molar-refractivity contribution < 1.29 is 69.4 Å². The summed E-state index contributed by atoms with van der Waals surface area (Å²) >= 11 is 0. The number of benzene rings is 2. The summed E-state index contributed by atoms with van der Waals surface area (Å²) in [7, 11) is 1.03. The van der Waals surface area contributed by atoms with Crippen LogP contribution in [0.5, 0.6) is 23.0 Å². The Morgan fingerprint density at radius 2 is 1.66 bits per heavy atom. The SMILES string of the molecule is COC(=O)C(O)CC1OCC(O)C(O)C1OC(=O)C1=Cc2cc(O)c(O)cc2C(c2ccc(O)c(O)c2)C1C(=O)O. The Hall–Kier alpha value is -4.37. The molecular weight excluding hydrogens is 548 g/mol. The second-order valence-electron chi connectivity index (χ2n) is 9.69. The Kier molecular flexibility index (Phi) is 8.39. The number of carboxylic acid groups (broad SMARTS) is 1. The Balaban J connectivity index is 1.77. The van der Waals surface area contributed by atoms with Crippen LogP contribution in [-0.2, 0) is 28.6 Å². The standard InChI is InChI=1S/C27H28O14/c1-39-27(38)18(32)8-20-24(23(34)19(33)9-40-20)41-26(37)13-4-11-6-16(30)17(31)7-12(11)21(22(13)25(35)36)10-2-3-14(28)15(29)5-10/h2-7,18-24,28-34H,8-9H2,1H3,(H,35,36). The van der Waals surface area contributed by atoms with Crippen molar-refractivity contribution in [1.82, 2.24) is 0 Å². The highest BCUT2D eigenvalue weighted by atomic mass is 16.6. The number of methoxy groups -OCH3 is 1. The van der Waals surface area contributed by atoms with Crippen molar-refractivity contribution in [1.29, 1.82) is 0 Å². The van der Waals surface area contributed by atoms with E-state index in [-0.39, 0.29) is 16.7 Å². The van der Waals surface area contributed by atoms with E-state index in [0.717, 1.165) is 37.5 Å². The predicted octanol–water partition coefficient (Wildman–Crippen LogP) is -0.305. The van der Waals surface area contributed by atoms with Gasteiger partial charge in [-0.25, -0.2) is 9.59 Å². The van der Waals surface area contributed by atoms with Gasteiger partial charge < -0.3 is 55.1 Å². The van der Waals surface area contributed by atoms with Crippen molar-refractivity contribution in [3.05, 3.63) is 52.6 Å². The van der Waals surface area contributed by atoms with Crippen molar-refractivity contribution in [3.8, 4) is 23.0 Å². The number of rotatable bonds is 7. The first-order valence-corrected chi connectivity index (χ1v) is 12.3. The highest BCUT2D eigenvalue weighted by Gasteiger charge is 2.46. The molecule has 2 aromatic carbocycles. The van der Waals surface area contributed by atoms with E-state index in [0.29, 0.717) is 0 Å². The molecule has 1 aliphatic heterocycles. The summed E-state index contributed by atoms with van der Waals surface area (Å²) in [5, 5.41) is 81.2. The molecule has 14 nitrogen and oxygen atoms in total. The van der Waals surface area contributed by atoms with E-state index in [1.54, 1.807) is 0 Å². The van der Waals surface area contributed by atoms with Gasteiger partial charge in [-0.3, -0.25) is 4.79 Å². The lowest BCUT2D eigenvalue weighted by molar-refractivity contribution is -0.211. The fourth-order valence-electron chi connectivity index (χ4n) is 5.03. The first-order valence-electron chi connectivity index (χ1n) is 12.3. The van der Waals surface area contributed by atoms with Gasteiger partial charge in [0.1, 0.15) is 18.3 Å². The summed E-state index contributed by atoms with van der Waals surface area (Å²) in [5.74, 6) is -9.04. The van der Waals surface area contributed by atoms with Crippen LogP contribution in [0.2, 0.25) is 0 Å². The number of carbonyl (C=O) groups excluding carboxylic acids is 2. The topological polar surface area (TPSA) is 241 Å². The van der Waals surface area contributed by atoms with E-state index in [1.807, 2.05) is 0 Å². The number of hydrogen-bond donors (Lipinski definition) is 8. The number of aliphatic carboxylic acids is 1. The van der Waals surface area contributed by atoms with Gasteiger partial charge in [0.05, 0.1) is 25.2 Å². The smallest absolute Gasteiger partial charge is 0.335 e. The zero-order valence-electron chi connectivity index (χ0n) is 21.4. The van der Waals surface area contributed by atoms with Crippen LogP contribution in [0, 0.1) is 5.92 Å². The van der Waals surface area contributed by atoms with E-state index >= 15 is 0 Å². The van der Waals surface area contributed by atoms with Crippen molar-refractivity contribution in [3.63, 3.8) is 0 Å². The molecule has 0 amide bonds. The molecule has 1 heterocycles. The Bertz CT molecular complexity index is 1380. The van der Waals surface area contributed by atoms with Gasteiger partial charge in [-0.2, -0.15) is 0 Å². The Morgan fingerprint density at radius 3 is 2.29 bits per heavy atom. The average molecular weight is 577 g/mol. The Labute approximate surface area is 231 Å². The molecular formula is C27H28O14. The number of aromatic hydroxyl groups is 4. The van der Waals surface area contributed by atoms with Crippen LogP contribution in [0.25, 0.3) is 6.08 Å². The highest BCUT2D eigenvalue weighted by Crippen LogP contribution is 2.47. The molecule has 8 N–H and O–H groups in total. The molecule has 41 heavy (non-hydrogen) atoms. The second-order valence-corrected chi connectivity index (χ2v) is 9.69. The number of fused-ring (bicyclic) bond motifs is 1. The number of phenolic OH excluding ortho intramolecular Hbond substituents is 4. The number of phenols is 4. The minimum absolute atomic E-state index is 0.112. The first-order chi connectivity index (χ1) is 19.3. The van der Waals surface area contributed by atoms with E-state index in [4.69, 9.17) is 9.47 Å². The molecule has 7 atom stereocenters. The van der Waals surface area contributed by atoms with Crippen molar-refractivity contribution in [2.75, 3.05) is 13.7 Å². The highest BCUT2D eigenvalue weighted by molar-refractivity contribution is 6.02. The van der Waals surface area contributed by atoms with Gasteiger partial charge in [0.2, 0.25) is 0 Å². The van der Waals surface area contributed by atoms with Crippen LogP contribution < -0.4 is 0 Å². The molecule has 0 saturated carbocycles. The lowest BCUT2D eigenvalue weighted by Gasteiger charge is -2.39. The summed E-state index contributed by atoms with van der Waals surface area (Å²) in [5.41, 5.74) is -0.0921. The number of hydrogen-bond acceptors (Lipinski definition) is 13. The summed E-state index contributed by atoms with van der Waals surface area (Å²) in [6.07, 6.45) is -7.36. The maximum absolute atomic E-state index is 13.6. The molecule has 1 fully saturated rings. The summed E-state index contributed by atoms with van der Waals surface area (Å²) in [6.45, 7) is -0.420. The van der Waals surface area contributed by atoms with Gasteiger partial charge in [0.25, 0.3) is 0 Å². The van der Waals surface area contributed by atoms with Gasteiger partial charge in [-0.05, 0) is 47.0 Å². The molecule has 1 saturated heterocycles. The minimum Gasteiger partial charge on any atom is -0.504 e. The molecule has 0 bridgehead atoms. The quantitative estimate of drug-likeness (QED) is 0.156. The molecule has 220 valence electrons. The fourth-order valence-corrected chi connectivity index (χ4v) is 5.03. The van der Waals surface area contributed by atoms with Crippen LogP contribution in [0.15, 0.2) is 35.9 Å². The number of carboxylic acids is 1. The van der Waals surface area contributed by atoms with E-state index in [1.165, 1.54) is 6.07 Å². The molecule has 2 aromatic rings. The first kappa shape index (κ1) is 29.6. The third-order valence-corrected chi connectivity index (χ3v) is 7.11. The summed E-state index contributed by atoms with van der Waals surface area (Å²) in [6, 6.07) is 5.68. The monoisotopic (exact) mass is 576 g/mol. The lowest BCUT2D eigenvalue weighted by atomic mass is 9.71. The predicted molar refractivity (Wildman–Crippen MR) is 135 cm³/mol. The second kappa shape index (κ2) is 11.6. The molecule has 0 aromatic heterocycles. The molecule has 14 heteroatoms. The van der Waals surface area contributed by atoms with Crippen LogP contribution in [0.3, 0.4) is 0 Å². The molecule has 4 rings (SSSR count). The largest absolute Gasteiger partial charge is 0.504 e. The fraction of sp³-hybridized carbons (Fsp3) is 0.370. The Morgan fingerprint density at radius 1 is 1.00 bits per heavy atom. The zero-order chi connectivity index (χ0) is 30.2. The third kappa shape index (κ3) is 5.76. The molecule has 0 spiro atoms. The van der Waals surface area contributed by atoms with E-state index in [2.05, 4.69) is 4.74 Å². The van der Waals surface area contributed by atoms with E-state index in [9.17, 15) is 55.2 Å². The van der Waals surface area contributed by atoms with Crippen molar-refractivity contribution in [2.24, 2.45) is 5.92 Å². The van der Waals surface area contributed by atoms with Crippen molar-refractivity contribution >= 4 is 24.0 Å². The third-order valence-electron chi connectivity index (χ3n) is 7.11. The number of carbonyl (C=O) groups is 3. The van der Waals surface area contributed by atoms with Crippen LogP contribution >= 0.6 is 0 Å². The van der Waals surface area contributed by atoms with Crippen LogP contribution in [0.4, 0.5) is 0 Å². The average Bonchev–Trinajstić information content (AvgIpc) is 2.93. The van der Waals surface area contributed by atoms with Gasteiger partial charge in [-0.1, -0.05) is 6.07 Å². The molecule has 1 aliphatic carbocycles. The van der Waals surface area contributed by atoms with Crippen LogP contribution in [-0.4, -0.2) is 103 Å². The van der Waals surface area contributed by atoms with Crippen molar-refractivity contribution in [2.45, 2.75) is 42.9 Å².